The van der Waals surface area contributed by atoms with Crippen molar-refractivity contribution in [2.45, 2.75) is 58.1 Å². The number of aromatic nitrogens is 2. The van der Waals surface area contributed by atoms with E-state index in [4.69, 9.17) is 16.0 Å². The summed E-state index contributed by atoms with van der Waals surface area (Å²) in [4.78, 5) is 29.8. The minimum absolute atomic E-state index is 0.0311. The van der Waals surface area contributed by atoms with Gasteiger partial charge in [-0.2, -0.15) is 0 Å². The zero-order valence-corrected chi connectivity index (χ0v) is 24.4. The molecule has 0 bridgehead atoms. The van der Waals surface area contributed by atoms with Crippen LogP contribution >= 0.6 is 11.6 Å². The Morgan fingerprint density at radius 3 is 2.41 bits per heavy atom. The summed E-state index contributed by atoms with van der Waals surface area (Å²) < 4.78 is 36.7. The summed E-state index contributed by atoms with van der Waals surface area (Å²) in [6, 6.07) is 9.30. The van der Waals surface area contributed by atoms with Gasteiger partial charge in [0.25, 0.3) is 15.6 Å². The van der Waals surface area contributed by atoms with Crippen molar-refractivity contribution >= 4 is 38.3 Å². The lowest BCUT2D eigenvalue weighted by molar-refractivity contribution is 0.490. The van der Waals surface area contributed by atoms with Crippen LogP contribution in [0.15, 0.2) is 61.6 Å². The van der Waals surface area contributed by atoms with Gasteiger partial charge in [0.2, 0.25) is 0 Å². The van der Waals surface area contributed by atoms with Crippen LogP contribution in [0.4, 0.5) is 5.69 Å². The molecule has 0 aliphatic carbocycles. The molecule has 4 aromatic rings. The number of pyridine rings is 2. The molecule has 1 aromatic carbocycles. The van der Waals surface area contributed by atoms with Gasteiger partial charge in [0, 0.05) is 41.5 Å². The number of anilines is 1. The predicted octanol–water partition coefficient (Wildman–Crippen LogP) is 5.07. The highest BCUT2D eigenvalue weighted by molar-refractivity contribution is 7.89. The van der Waals surface area contributed by atoms with Crippen molar-refractivity contribution in [3.8, 4) is 11.3 Å². The number of nitrogens with one attached hydrogen (secondary N) is 2. The topological polar surface area (TPSA) is 123 Å². The second-order valence-electron chi connectivity index (χ2n) is 10.7. The van der Waals surface area contributed by atoms with E-state index in [2.05, 4.69) is 15.0 Å². The number of fused-ring (bicyclic) bond motifs is 1. The van der Waals surface area contributed by atoms with Gasteiger partial charge in [-0.1, -0.05) is 17.7 Å². The van der Waals surface area contributed by atoms with E-state index in [1.54, 1.807) is 59.1 Å². The van der Waals surface area contributed by atoms with Crippen molar-refractivity contribution in [2.24, 2.45) is 7.05 Å². The molecule has 0 amide bonds. The van der Waals surface area contributed by atoms with Crippen LogP contribution in [0.2, 0.25) is 5.15 Å². The number of rotatable bonds is 6. The Morgan fingerprint density at radius 2 is 1.77 bits per heavy atom. The molecular formula is C28H31ClN4O5S. The van der Waals surface area contributed by atoms with Crippen molar-refractivity contribution in [1.82, 2.24) is 14.3 Å². The zero-order valence-electron chi connectivity index (χ0n) is 22.8. The van der Waals surface area contributed by atoms with Gasteiger partial charge >= 0.3 is 0 Å². The van der Waals surface area contributed by atoms with Crippen LogP contribution < -0.4 is 21.0 Å². The molecule has 0 fully saturated rings. The highest BCUT2D eigenvalue weighted by Crippen LogP contribution is 2.33. The third-order valence-electron chi connectivity index (χ3n) is 6.12. The van der Waals surface area contributed by atoms with Crippen molar-refractivity contribution in [1.29, 1.82) is 0 Å². The van der Waals surface area contributed by atoms with Gasteiger partial charge < -0.3 is 14.3 Å². The molecular weight excluding hydrogens is 540 g/mol. The number of hydrogen-bond acceptors (Lipinski definition) is 7. The maximum absolute atomic E-state index is 13.4. The summed E-state index contributed by atoms with van der Waals surface area (Å²) in [5, 5.41) is 3.40. The maximum Gasteiger partial charge on any atom is 0.260 e. The molecule has 9 nitrogen and oxygen atoms in total. The summed E-state index contributed by atoms with van der Waals surface area (Å²) >= 11 is 6.07. The molecule has 11 heteroatoms. The van der Waals surface area contributed by atoms with Gasteiger partial charge in [-0.25, -0.2) is 18.1 Å². The second kappa shape index (κ2) is 10.3. The average Bonchev–Trinajstić information content (AvgIpc) is 2.82. The Hall–Kier alpha value is -3.47. The van der Waals surface area contributed by atoms with E-state index in [1.807, 2.05) is 19.9 Å². The van der Waals surface area contributed by atoms with Crippen LogP contribution in [0.3, 0.4) is 0 Å². The van der Waals surface area contributed by atoms with Crippen molar-refractivity contribution < 1.29 is 12.8 Å². The van der Waals surface area contributed by atoms with Crippen LogP contribution in [-0.4, -0.2) is 23.5 Å². The van der Waals surface area contributed by atoms with Crippen molar-refractivity contribution in [2.75, 3.05) is 5.32 Å². The van der Waals surface area contributed by atoms with Crippen LogP contribution in [-0.2, 0) is 17.1 Å². The van der Waals surface area contributed by atoms with E-state index in [-0.39, 0.29) is 26.9 Å². The first-order valence-corrected chi connectivity index (χ1v) is 14.2. The molecule has 3 heterocycles. The fraction of sp³-hybridized carbons (Fsp3) is 0.321. The largest absolute Gasteiger partial charge is 0.455 e. The molecule has 4 rings (SSSR count). The zero-order chi connectivity index (χ0) is 28.9. The van der Waals surface area contributed by atoms with Gasteiger partial charge in [0.15, 0.2) is 10.5 Å². The third-order valence-corrected chi connectivity index (χ3v) is 8.03. The van der Waals surface area contributed by atoms with Gasteiger partial charge in [-0.3, -0.25) is 9.59 Å². The van der Waals surface area contributed by atoms with E-state index in [1.165, 1.54) is 16.7 Å². The molecule has 0 radical (unpaired) electrons. The van der Waals surface area contributed by atoms with E-state index in [0.29, 0.717) is 33.4 Å². The first kappa shape index (κ1) is 28.5. The Balaban J connectivity index is 1.87. The highest BCUT2D eigenvalue weighted by Gasteiger charge is 2.28. The standard InChI is InChI=1S/C28H31ClN4O5S/c1-15-12-19(17(3)30-21-8-9-22(29)31-27(21)39(36,37)32-28(4,5)6)26-20(13-15)24(35)16(2)25(38-26)18-10-11-33(7)23(34)14-18/h8-14,17,30,32H,1-7H3/t17-/m1/s1. The molecule has 0 spiro atoms. The van der Waals surface area contributed by atoms with E-state index in [9.17, 15) is 18.0 Å². The summed E-state index contributed by atoms with van der Waals surface area (Å²) in [5.74, 6) is 0.299. The first-order valence-electron chi connectivity index (χ1n) is 12.3. The number of hydrogen-bond donors (Lipinski definition) is 2. The highest BCUT2D eigenvalue weighted by atomic mass is 35.5. The van der Waals surface area contributed by atoms with Crippen molar-refractivity contribution in [3.63, 3.8) is 0 Å². The molecule has 0 unspecified atom stereocenters. The Morgan fingerprint density at radius 1 is 1.08 bits per heavy atom. The fourth-order valence-electron chi connectivity index (χ4n) is 4.35. The summed E-state index contributed by atoms with van der Waals surface area (Å²) in [5.41, 5.74) is 1.72. The maximum atomic E-state index is 13.4. The Bertz CT molecular complexity index is 1820. The molecule has 0 aliphatic rings. The SMILES string of the molecule is Cc1cc([C@@H](C)Nc2ccc(Cl)nc2S(=O)(=O)NC(C)(C)C)c2oc(-c3ccn(C)c(=O)c3)c(C)c(=O)c2c1. The second-order valence-corrected chi connectivity index (χ2v) is 12.7. The summed E-state index contributed by atoms with van der Waals surface area (Å²) in [7, 11) is -2.39. The third kappa shape index (κ3) is 5.93. The van der Waals surface area contributed by atoms with Gasteiger partial charge in [0.1, 0.15) is 16.5 Å². The van der Waals surface area contributed by atoms with Gasteiger partial charge in [0.05, 0.1) is 17.1 Å². The number of halogens is 1. The van der Waals surface area contributed by atoms with E-state index in [0.717, 1.165) is 5.56 Å². The molecule has 0 saturated carbocycles. The lowest BCUT2D eigenvalue weighted by Crippen LogP contribution is -2.41. The van der Waals surface area contributed by atoms with Crippen LogP contribution in [0.5, 0.6) is 0 Å². The van der Waals surface area contributed by atoms with E-state index < -0.39 is 21.6 Å². The minimum Gasteiger partial charge on any atom is -0.455 e. The summed E-state index contributed by atoms with van der Waals surface area (Å²) in [6.07, 6.45) is 1.61. The van der Waals surface area contributed by atoms with Crippen LogP contribution in [0.1, 0.15) is 50.4 Å². The molecule has 39 heavy (non-hydrogen) atoms. The number of sulfonamides is 1. The lowest BCUT2D eigenvalue weighted by atomic mass is 9.99. The molecule has 206 valence electrons. The fourth-order valence-corrected chi connectivity index (χ4v) is 6.08. The van der Waals surface area contributed by atoms with Gasteiger partial charge in [-0.05, 0) is 71.4 Å². The molecule has 1 atom stereocenters. The quantitative estimate of drug-likeness (QED) is 0.310. The minimum atomic E-state index is -4.03. The molecule has 0 saturated heterocycles. The Kier molecular flexibility index (Phi) is 7.50. The number of benzene rings is 1. The average molecular weight is 571 g/mol. The number of aryl methyl sites for hydroxylation is 2. The number of nitrogens with zero attached hydrogens (tertiary/aromatic N) is 2. The van der Waals surface area contributed by atoms with Gasteiger partial charge in [-0.15, -0.1) is 0 Å². The normalized spacial score (nSPS) is 13.0. The molecule has 2 N–H and O–H groups in total. The van der Waals surface area contributed by atoms with Crippen molar-refractivity contribution in [3.05, 3.63) is 85.0 Å². The monoisotopic (exact) mass is 570 g/mol. The lowest BCUT2D eigenvalue weighted by Gasteiger charge is -2.23. The van der Waals surface area contributed by atoms with E-state index >= 15 is 0 Å². The molecule has 3 aromatic heterocycles. The van der Waals surface area contributed by atoms with Crippen LogP contribution in [0.25, 0.3) is 22.3 Å². The Labute approximate surface area is 231 Å². The smallest absolute Gasteiger partial charge is 0.260 e. The van der Waals surface area contributed by atoms with Crippen LogP contribution in [0, 0.1) is 13.8 Å². The molecule has 0 aliphatic heterocycles. The first-order chi connectivity index (χ1) is 18.1. The summed E-state index contributed by atoms with van der Waals surface area (Å²) in [6.45, 7) is 10.6. The predicted molar refractivity (Wildman–Crippen MR) is 154 cm³/mol.